The van der Waals surface area contributed by atoms with Crippen LogP contribution in [0.15, 0.2) is 29.4 Å². The summed E-state index contributed by atoms with van der Waals surface area (Å²) >= 11 is 0. The number of nitrogens with two attached hydrogens (primary N) is 1. The van der Waals surface area contributed by atoms with Crippen molar-refractivity contribution in [2.45, 2.75) is 0 Å². The zero-order chi connectivity index (χ0) is 13.5. The van der Waals surface area contributed by atoms with Crippen molar-refractivity contribution < 1.29 is 9.59 Å². The second-order valence-electron chi connectivity index (χ2n) is 3.21. The number of hydrogen-bond donors (Lipinski definition) is 3. The van der Waals surface area contributed by atoms with E-state index in [0.29, 0.717) is 11.3 Å². The largest absolute Gasteiger partial charge is 0.366 e. The van der Waals surface area contributed by atoms with Gasteiger partial charge in [-0.15, -0.1) is 0 Å². The number of rotatable bonds is 4. The number of carbonyl (C=O) groups excluding carboxylic acids is 2. The van der Waals surface area contributed by atoms with Crippen LogP contribution in [0.3, 0.4) is 0 Å². The predicted octanol–water partition coefficient (Wildman–Crippen LogP) is -0.177. The lowest BCUT2D eigenvalue weighted by Gasteiger charge is -2.02. The third-order valence-corrected chi connectivity index (χ3v) is 1.99. The number of anilines is 1. The summed E-state index contributed by atoms with van der Waals surface area (Å²) in [4.78, 5) is 22.1. The number of benzene rings is 1. The fraction of sp³-hybridized carbons (Fsp3) is 0.0909. The molecule has 0 aliphatic heterocycles. The van der Waals surface area contributed by atoms with E-state index in [9.17, 15) is 9.59 Å². The number of hydrazone groups is 1. The minimum atomic E-state index is -0.601. The molecule has 7 heteroatoms. The van der Waals surface area contributed by atoms with Gasteiger partial charge in [0.05, 0.1) is 5.69 Å². The summed E-state index contributed by atoms with van der Waals surface area (Å²) in [5, 5.41) is 14.6. The highest BCUT2D eigenvalue weighted by Gasteiger charge is 2.08. The summed E-state index contributed by atoms with van der Waals surface area (Å²) in [6, 6.07) is 7.87. The van der Waals surface area contributed by atoms with Gasteiger partial charge in [0.2, 0.25) is 11.6 Å². The van der Waals surface area contributed by atoms with E-state index in [-0.39, 0.29) is 5.71 Å². The topological polar surface area (TPSA) is 120 Å². The minimum absolute atomic E-state index is 0.300. The van der Waals surface area contributed by atoms with Gasteiger partial charge < -0.3 is 11.1 Å². The zero-order valence-electron chi connectivity index (χ0n) is 9.60. The third-order valence-electron chi connectivity index (χ3n) is 1.99. The van der Waals surface area contributed by atoms with Gasteiger partial charge in [-0.05, 0) is 18.2 Å². The first-order chi connectivity index (χ1) is 8.58. The highest BCUT2D eigenvalue weighted by atomic mass is 16.2. The van der Waals surface area contributed by atoms with E-state index >= 15 is 0 Å². The average molecular weight is 245 g/mol. The summed E-state index contributed by atoms with van der Waals surface area (Å²) in [6.45, 7) is 0. The molecule has 0 aliphatic carbocycles. The molecular formula is C11H11N5O2. The lowest BCUT2D eigenvalue weighted by Crippen LogP contribution is -2.27. The van der Waals surface area contributed by atoms with Gasteiger partial charge in [0.15, 0.2) is 0 Å². The summed E-state index contributed by atoms with van der Waals surface area (Å²) < 4.78 is 0. The van der Waals surface area contributed by atoms with Crippen molar-refractivity contribution >= 4 is 23.2 Å². The first kappa shape index (κ1) is 13.2. The van der Waals surface area contributed by atoms with Gasteiger partial charge in [0.1, 0.15) is 6.07 Å². The monoisotopic (exact) mass is 245 g/mol. The molecule has 7 nitrogen and oxygen atoms in total. The fourth-order valence-corrected chi connectivity index (χ4v) is 1.11. The van der Waals surface area contributed by atoms with Crippen molar-refractivity contribution in [3.05, 3.63) is 29.8 Å². The predicted molar refractivity (Wildman–Crippen MR) is 65.7 cm³/mol. The normalized spacial score (nSPS) is 10.3. The smallest absolute Gasteiger partial charge is 0.282 e. The molecule has 4 N–H and O–H groups in total. The Kier molecular flexibility index (Phi) is 4.40. The Bertz CT molecular complexity index is 545. The van der Waals surface area contributed by atoms with Gasteiger partial charge in [-0.2, -0.15) is 10.4 Å². The summed E-state index contributed by atoms with van der Waals surface area (Å²) in [7, 11) is 1.39. The molecule has 92 valence electrons. The summed E-state index contributed by atoms with van der Waals surface area (Å²) in [6.07, 6.45) is 0. The van der Waals surface area contributed by atoms with Crippen LogP contribution in [-0.4, -0.2) is 24.6 Å². The Balaban J connectivity index is 2.89. The number of nitrogens with one attached hydrogen (secondary N) is 2. The molecule has 0 atom stereocenters. The number of amides is 2. The Morgan fingerprint density at radius 1 is 1.44 bits per heavy atom. The van der Waals surface area contributed by atoms with E-state index in [1.54, 1.807) is 24.3 Å². The second kappa shape index (κ2) is 6.00. The molecule has 1 aromatic rings. The quantitative estimate of drug-likeness (QED) is 0.503. The van der Waals surface area contributed by atoms with Crippen LogP contribution in [0.1, 0.15) is 10.4 Å². The van der Waals surface area contributed by atoms with Gasteiger partial charge in [-0.1, -0.05) is 6.07 Å². The molecule has 0 spiro atoms. The molecule has 1 aromatic carbocycles. The van der Waals surface area contributed by atoms with Crippen molar-refractivity contribution in [1.82, 2.24) is 5.32 Å². The number of nitrogens with zero attached hydrogens (tertiary/aromatic N) is 2. The fourth-order valence-electron chi connectivity index (χ4n) is 1.11. The molecule has 0 saturated carbocycles. The van der Waals surface area contributed by atoms with Crippen LogP contribution < -0.4 is 16.5 Å². The molecule has 0 heterocycles. The van der Waals surface area contributed by atoms with Crippen molar-refractivity contribution in [3.8, 4) is 6.07 Å². The van der Waals surface area contributed by atoms with Crippen LogP contribution in [0, 0.1) is 11.3 Å². The van der Waals surface area contributed by atoms with Crippen molar-refractivity contribution in [1.29, 1.82) is 5.26 Å². The highest BCUT2D eigenvalue weighted by Crippen LogP contribution is 2.09. The van der Waals surface area contributed by atoms with Crippen LogP contribution in [0.25, 0.3) is 0 Å². The van der Waals surface area contributed by atoms with Crippen LogP contribution in [-0.2, 0) is 4.79 Å². The van der Waals surface area contributed by atoms with E-state index in [0.717, 1.165) is 0 Å². The number of carbonyl (C=O) groups is 2. The van der Waals surface area contributed by atoms with Crippen LogP contribution >= 0.6 is 0 Å². The molecule has 0 unspecified atom stereocenters. The standard InChI is InChI=1S/C11H11N5O2/c1-14-11(18)9(6-12)16-15-8-4-2-3-7(5-8)10(13)17/h2-5,15H,1H3,(H2,13,17)(H,14,18)/b16-9+. The molecule has 0 aliphatic rings. The number of hydrogen-bond acceptors (Lipinski definition) is 5. The Hall–Kier alpha value is -2.88. The lowest BCUT2D eigenvalue weighted by molar-refractivity contribution is -0.114. The average Bonchev–Trinajstić information content (AvgIpc) is 2.39. The van der Waals surface area contributed by atoms with Crippen molar-refractivity contribution in [2.24, 2.45) is 10.8 Å². The molecule has 0 saturated heterocycles. The molecular weight excluding hydrogens is 234 g/mol. The summed E-state index contributed by atoms with van der Waals surface area (Å²) in [5.41, 5.74) is 8.05. The Morgan fingerprint density at radius 2 is 2.17 bits per heavy atom. The molecule has 1 rings (SSSR count). The maximum atomic E-state index is 11.2. The summed E-state index contributed by atoms with van der Waals surface area (Å²) in [5.74, 6) is -1.18. The first-order valence-electron chi connectivity index (χ1n) is 4.94. The Labute approximate surface area is 103 Å². The first-order valence-corrected chi connectivity index (χ1v) is 4.94. The second-order valence-corrected chi connectivity index (χ2v) is 3.21. The van der Waals surface area contributed by atoms with E-state index in [2.05, 4.69) is 15.8 Å². The van der Waals surface area contributed by atoms with Gasteiger partial charge in [-0.3, -0.25) is 15.0 Å². The zero-order valence-corrected chi connectivity index (χ0v) is 9.60. The number of nitriles is 1. The maximum Gasteiger partial charge on any atom is 0.282 e. The van der Waals surface area contributed by atoms with Crippen LogP contribution in [0.5, 0.6) is 0 Å². The van der Waals surface area contributed by atoms with E-state index in [4.69, 9.17) is 11.0 Å². The Morgan fingerprint density at radius 3 is 2.72 bits per heavy atom. The van der Waals surface area contributed by atoms with Crippen LogP contribution in [0.4, 0.5) is 5.69 Å². The van der Waals surface area contributed by atoms with Gasteiger partial charge in [0, 0.05) is 12.6 Å². The third kappa shape index (κ3) is 3.31. The maximum absolute atomic E-state index is 11.2. The SMILES string of the molecule is CNC(=O)/C(C#N)=N/Nc1cccc(C(N)=O)c1. The minimum Gasteiger partial charge on any atom is -0.366 e. The molecule has 2 amide bonds. The molecule has 0 bridgehead atoms. The highest BCUT2D eigenvalue weighted by molar-refractivity contribution is 6.45. The lowest BCUT2D eigenvalue weighted by atomic mass is 10.2. The van der Waals surface area contributed by atoms with E-state index in [1.807, 2.05) is 0 Å². The van der Waals surface area contributed by atoms with Gasteiger partial charge >= 0.3 is 0 Å². The van der Waals surface area contributed by atoms with Crippen molar-refractivity contribution in [2.75, 3.05) is 12.5 Å². The molecule has 0 radical (unpaired) electrons. The van der Waals surface area contributed by atoms with Gasteiger partial charge in [0.25, 0.3) is 5.91 Å². The molecule has 0 aromatic heterocycles. The van der Waals surface area contributed by atoms with E-state index in [1.165, 1.54) is 13.1 Å². The van der Waals surface area contributed by atoms with Gasteiger partial charge in [-0.25, -0.2) is 0 Å². The molecule has 18 heavy (non-hydrogen) atoms. The van der Waals surface area contributed by atoms with Crippen molar-refractivity contribution in [3.63, 3.8) is 0 Å². The van der Waals surface area contributed by atoms with Crippen LogP contribution in [0.2, 0.25) is 0 Å². The molecule has 0 fully saturated rings. The number of primary amides is 1. The van der Waals surface area contributed by atoms with E-state index < -0.39 is 11.8 Å².